The first-order chi connectivity index (χ1) is 17.2. The fraction of sp³-hybridized carbons (Fsp3) is 0.304. The molecule has 0 aromatic carbocycles. The summed E-state index contributed by atoms with van der Waals surface area (Å²) in [6, 6.07) is 7.22. The highest BCUT2D eigenvalue weighted by atomic mass is 32.2. The zero-order valence-electron chi connectivity index (χ0n) is 19.9. The highest BCUT2D eigenvalue weighted by Gasteiger charge is 2.32. The second-order valence-corrected chi connectivity index (χ2v) is 11.0. The van der Waals surface area contributed by atoms with Crippen LogP contribution in [0.4, 0.5) is 0 Å². The van der Waals surface area contributed by atoms with E-state index in [1.54, 1.807) is 41.9 Å². The molecular formula is C23H23N9O3S. The Morgan fingerprint density at radius 2 is 1.81 bits per heavy atom. The van der Waals surface area contributed by atoms with Crippen molar-refractivity contribution in [2.45, 2.75) is 12.5 Å². The van der Waals surface area contributed by atoms with Gasteiger partial charge < -0.3 is 0 Å². The highest BCUT2D eigenvalue weighted by molar-refractivity contribution is 7.88. The summed E-state index contributed by atoms with van der Waals surface area (Å²) >= 11 is 0. The lowest BCUT2D eigenvalue weighted by atomic mass is 10.1. The summed E-state index contributed by atoms with van der Waals surface area (Å²) in [7, 11) is 0.145. The van der Waals surface area contributed by atoms with Gasteiger partial charge in [0, 0.05) is 38.9 Å². The van der Waals surface area contributed by atoms with Crippen molar-refractivity contribution in [3.05, 3.63) is 53.3 Å². The van der Waals surface area contributed by atoms with Crippen molar-refractivity contribution in [1.82, 2.24) is 43.4 Å². The van der Waals surface area contributed by atoms with Gasteiger partial charge in [0.2, 0.25) is 10.0 Å². The van der Waals surface area contributed by atoms with Crippen LogP contribution in [0.2, 0.25) is 0 Å². The van der Waals surface area contributed by atoms with Crippen LogP contribution < -0.4 is 5.69 Å². The van der Waals surface area contributed by atoms with Crippen LogP contribution in [0.1, 0.15) is 12.5 Å². The van der Waals surface area contributed by atoms with Gasteiger partial charge in [-0.2, -0.15) is 0 Å². The highest BCUT2D eigenvalue weighted by Crippen LogP contribution is 2.30. The first-order valence-electron chi connectivity index (χ1n) is 11.4. The Labute approximate surface area is 205 Å². The number of pyridine rings is 3. The molecule has 13 heteroatoms. The average Bonchev–Trinajstić information content (AvgIpc) is 3.58. The van der Waals surface area contributed by atoms with Crippen LogP contribution in [0.5, 0.6) is 0 Å². The van der Waals surface area contributed by atoms with E-state index in [2.05, 4.69) is 20.3 Å². The molecule has 1 fully saturated rings. The van der Waals surface area contributed by atoms with Crippen molar-refractivity contribution in [3.8, 4) is 22.6 Å². The number of hydrogen-bond donors (Lipinski definition) is 0. The molecule has 6 heterocycles. The molecule has 1 aliphatic heterocycles. The molecular weight excluding hydrogens is 482 g/mol. The maximum atomic E-state index is 13.3. The van der Waals surface area contributed by atoms with Crippen LogP contribution >= 0.6 is 0 Å². The Morgan fingerprint density at radius 1 is 1.00 bits per heavy atom. The summed E-state index contributed by atoms with van der Waals surface area (Å²) in [5, 5.41) is 8.04. The third-order valence-electron chi connectivity index (χ3n) is 6.65. The van der Waals surface area contributed by atoms with Crippen LogP contribution in [-0.4, -0.2) is 71.1 Å². The number of imidazole rings is 1. The molecule has 1 atom stereocenters. The lowest BCUT2D eigenvalue weighted by Gasteiger charge is -2.15. The van der Waals surface area contributed by atoms with Crippen molar-refractivity contribution < 1.29 is 8.42 Å². The molecule has 0 N–H and O–H groups in total. The van der Waals surface area contributed by atoms with E-state index < -0.39 is 10.0 Å². The van der Waals surface area contributed by atoms with E-state index >= 15 is 0 Å². The quantitative estimate of drug-likeness (QED) is 0.357. The monoisotopic (exact) mass is 505 g/mol. The molecule has 12 nitrogen and oxygen atoms in total. The summed E-state index contributed by atoms with van der Waals surface area (Å²) in [6.45, 7) is 0.618. The number of hydrogen-bond acceptors (Lipinski definition) is 8. The maximum Gasteiger partial charge on any atom is 0.329 e. The predicted molar refractivity (Wildman–Crippen MR) is 134 cm³/mol. The SMILES string of the molecule is Cn1cc(-c2ccc(-c3ccc4ncc5c(c4n3)n(C3CCN(S(C)(=O)=O)C3)c(=O)n5C)cn2)nn1. The van der Waals surface area contributed by atoms with Gasteiger partial charge in [-0.1, -0.05) is 5.21 Å². The van der Waals surface area contributed by atoms with Crippen LogP contribution in [0.15, 0.2) is 47.7 Å². The van der Waals surface area contributed by atoms with Gasteiger partial charge in [-0.3, -0.25) is 23.8 Å². The minimum absolute atomic E-state index is 0.221. The van der Waals surface area contributed by atoms with Gasteiger partial charge in [0.25, 0.3) is 0 Å². The lowest BCUT2D eigenvalue weighted by molar-refractivity contribution is 0.454. The fourth-order valence-corrected chi connectivity index (χ4v) is 5.65. The van der Waals surface area contributed by atoms with Crippen molar-refractivity contribution in [2.24, 2.45) is 14.1 Å². The first-order valence-corrected chi connectivity index (χ1v) is 13.2. The second-order valence-electron chi connectivity index (χ2n) is 9.04. The maximum absolute atomic E-state index is 13.3. The van der Waals surface area contributed by atoms with Gasteiger partial charge in [0.1, 0.15) is 11.2 Å². The molecule has 0 aliphatic carbocycles. The molecule has 0 spiro atoms. The molecule has 1 unspecified atom stereocenters. The molecule has 0 amide bonds. The van der Waals surface area contributed by atoms with Crippen molar-refractivity contribution in [1.29, 1.82) is 0 Å². The Bertz CT molecular complexity index is 1800. The van der Waals surface area contributed by atoms with Gasteiger partial charge in [0.05, 0.1) is 52.6 Å². The van der Waals surface area contributed by atoms with Crippen LogP contribution in [0.3, 0.4) is 0 Å². The van der Waals surface area contributed by atoms with E-state index in [4.69, 9.17) is 4.98 Å². The Kier molecular flexibility index (Phi) is 5.02. The average molecular weight is 506 g/mol. The number of rotatable bonds is 4. The summed E-state index contributed by atoms with van der Waals surface area (Å²) < 4.78 is 30.4. The summed E-state index contributed by atoms with van der Waals surface area (Å²) in [4.78, 5) is 27.2. The molecule has 1 aliphatic rings. The number of sulfonamides is 1. The zero-order valence-corrected chi connectivity index (χ0v) is 20.7. The lowest BCUT2D eigenvalue weighted by Crippen LogP contribution is -2.31. The molecule has 0 saturated carbocycles. The molecule has 0 bridgehead atoms. The van der Waals surface area contributed by atoms with Gasteiger partial charge in [-0.05, 0) is 30.7 Å². The largest absolute Gasteiger partial charge is 0.329 e. The second kappa shape index (κ2) is 8.03. The fourth-order valence-electron chi connectivity index (χ4n) is 4.77. The van der Waals surface area contributed by atoms with Crippen molar-refractivity contribution >= 4 is 32.1 Å². The topological polar surface area (TPSA) is 134 Å². The van der Waals surface area contributed by atoms with E-state index in [1.165, 1.54) is 15.1 Å². The number of fused-ring (bicyclic) bond motifs is 3. The standard InChI is InChI=1S/C23H23N9O3S/c1-29-13-19(27-28-29)17-5-4-14(10-24-17)16-6-7-18-21(26-16)22-20(11-25-18)30(2)23(33)32(22)15-8-9-31(12-15)36(3,34)35/h4-7,10-11,13,15H,8-9,12H2,1-3H3. The Balaban J connectivity index is 1.48. The molecule has 0 radical (unpaired) electrons. The third kappa shape index (κ3) is 3.58. The van der Waals surface area contributed by atoms with Crippen molar-refractivity contribution in [2.75, 3.05) is 19.3 Å². The summed E-state index contributed by atoms with van der Waals surface area (Å²) in [6.07, 6.45) is 6.92. The van der Waals surface area contributed by atoms with Crippen LogP contribution in [0.25, 0.3) is 44.7 Å². The van der Waals surface area contributed by atoms with Gasteiger partial charge >= 0.3 is 5.69 Å². The molecule has 36 heavy (non-hydrogen) atoms. The Morgan fingerprint density at radius 3 is 2.47 bits per heavy atom. The Hall–Kier alpha value is -3.97. The molecule has 6 rings (SSSR count). The number of aromatic nitrogens is 8. The predicted octanol–water partition coefficient (Wildman–Crippen LogP) is 1.35. The molecule has 5 aromatic rings. The smallest absolute Gasteiger partial charge is 0.293 e. The van der Waals surface area contributed by atoms with Crippen LogP contribution in [-0.2, 0) is 24.1 Å². The molecule has 1 saturated heterocycles. The van der Waals surface area contributed by atoms with E-state index in [-0.39, 0.29) is 18.3 Å². The third-order valence-corrected chi connectivity index (χ3v) is 7.92. The van der Waals surface area contributed by atoms with E-state index in [0.717, 1.165) is 5.56 Å². The van der Waals surface area contributed by atoms with E-state index in [9.17, 15) is 13.2 Å². The van der Waals surface area contributed by atoms with Crippen molar-refractivity contribution in [3.63, 3.8) is 0 Å². The van der Waals surface area contributed by atoms with E-state index in [1.807, 2.05) is 24.3 Å². The van der Waals surface area contributed by atoms with Gasteiger partial charge in [-0.15, -0.1) is 5.10 Å². The number of aryl methyl sites for hydroxylation is 2. The molecule has 184 valence electrons. The van der Waals surface area contributed by atoms with E-state index in [0.29, 0.717) is 52.1 Å². The summed E-state index contributed by atoms with van der Waals surface area (Å²) in [5.41, 5.74) is 5.16. The normalized spacial score (nSPS) is 16.9. The molecule has 5 aromatic heterocycles. The summed E-state index contributed by atoms with van der Waals surface area (Å²) in [5.74, 6) is 0. The minimum atomic E-state index is -3.34. The zero-order chi connectivity index (χ0) is 25.2. The minimum Gasteiger partial charge on any atom is -0.293 e. The van der Waals surface area contributed by atoms with Gasteiger partial charge in [0.15, 0.2) is 0 Å². The van der Waals surface area contributed by atoms with Gasteiger partial charge in [-0.25, -0.2) is 22.5 Å². The van der Waals surface area contributed by atoms with Crippen LogP contribution in [0, 0.1) is 0 Å². The number of nitrogens with zero attached hydrogens (tertiary/aromatic N) is 9. The first kappa shape index (κ1) is 22.5.